The first-order valence-corrected chi connectivity index (χ1v) is 9.78. The molecular formula is C16H19N5O2S2. The number of fused-ring (bicyclic) bond motifs is 1. The van der Waals surface area contributed by atoms with Gasteiger partial charge in [-0.2, -0.15) is 5.10 Å². The van der Waals surface area contributed by atoms with Crippen molar-refractivity contribution in [3.8, 4) is 0 Å². The fourth-order valence-corrected chi connectivity index (χ4v) is 4.01. The van der Waals surface area contributed by atoms with E-state index in [2.05, 4.69) is 34.2 Å². The van der Waals surface area contributed by atoms with E-state index in [9.17, 15) is 9.59 Å². The number of thiophene rings is 1. The number of H-pyrrole nitrogens is 1. The second-order valence-electron chi connectivity index (χ2n) is 5.98. The number of hydrogen-bond donors (Lipinski definition) is 2. The highest BCUT2D eigenvalue weighted by atomic mass is 32.2. The fraction of sp³-hybridized carbons (Fsp3) is 0.375. The van der Waals surface area contributed by atoms with Crippen LogP contribution in [0, 0.1) is 0 Å². The highest BCUT2D eigenvalue weighted by Crippen LogP contribution is 2.27. The zero-order valence-electron chi connectivity index (χ0n) is 14.2. The molecule has 0 saturated heterocycles. The maximum atomic E-state index is 12.2. The maximum Gasteiger partial charge on any atom is 0.259 e. The van der Waals surface area contributed by atoms with Crippen LogP contribution in [-0.2, 0) is 17.6 Å². The topological polar surface area (TPSA) is 92.7 Å². The van der Waals surface area contributed by atoms with Crippen LogP contribution in [0.1, 0.15) is 30.5 Å². The van der Waals surface area contributed by atoms with Gasteiger partial charge in [0.2, 0.25) is 5.91 Å². The van der Waals surface area contributed by atoms with E-state index >= 15 is 0 Å². The first kappa shape index (κ1) is 17.7. The predicted octanol–water partition coefficient (Wildman–Crippen LogP) is 2.71. The monoisotopic (exact) mass is 377 g/mol. The summed E-state index contributed by atoms with van der Waals surface area (Å²) >= 11 is 2.95. The fourth-order valence-electron chi connectivity index (χ4n) is 2.27. The minimum atomic E-state index is -0.122. The van der Waals surface area contributed by atoms with Gasteiger partial charge in [0.05, 0.1) is 28.8 Å². The molecule has 3 aromatic heterocycles. The zero-order valence-corrected chi connectivity index (χ0v) is 15.8. The number of hydrogen-bond acceptors (Lipinski definition) is 6. The molecule has 0 saturated carbocycles. The minimum Gasteiger partial charge on any atom is -0.323 e. The number of anilines is 1. The molecule has 0 aromatic carbocycles. The molecule has 0 fully saturated rings. The van der Waals surface area contributed by atoms with E-state index < -0.39 is 0 Å². The summed E-state index contributed by atoms with van der Waals surface area (Å²) in [5, 5.41) is 7.41. The van der Waals surface area contributed by atoms with E-state index in [1.54, 1.807) is 35.5 Å². The average Bonchev–Trinajstić information content (AvgIpc) is 3.14. The molecule has 132 valence electrons. The van der Waals surface area contributed by atoms with E-state index in [-0.39, 0.29) is 17.2 Å². The van der Waals surface area contributed by atoms with Gasteiger partial charge in [-0.15, -0.1) is 23.1 Å². The Morgan fingerprint density at radius 2 is 2.28 bits per heavy atom. The molecule has 3 rings (SSSR count). The molecule has 3 heterocycles. The molecule has 3 aromatic rings. The average molecular weight is 377 g/mol. The van der Waals surface area contributed by atoms with Crippen molar-refractivity contribution in [1.29, 1.82) is 0 Å². The third kappa shape index (κ3) is 4.29. The number of aromatic amines is 1. The van der Waals surface area contributed by atoms with Crippen molar-refractivity contribution >= 4 is 44.9 Å². The summed E-state index contributed by atoms with van der Waals surface area (Å²) in [6.45, 7) is 4.19. The molecule has 7 nitrogen and oxygen atoms in total. The Hall–Kier alpha value is -2.13. The van der Waals surface area contributed by atoms with Gasteiger partial charge < -0.3 is 10.3 Å². The van der Waals surface area contributed by atoms with Crippen LogP contribution in [0.5, 0.6) is 0 Å². The van der Waals surface area contributed by atoms with E-state index in [1.807, 2.05) is 6.07 Å². The van der Waals surface area contributed by atoms with Crippen LogP contribution < -0.4 is 10.9 Å². The first-order valence-electron chi connectivity index (χ1n) is 7.81. The Kier molecular flexibility index (Phi) is 5.24. The van der Waals surface area contributed by atoms with E-state index in [0.29, 0.717) is 28.6 Å². The normalized spacial score (nSPS) is 11.4. The lowest BCUT2D eigenvalue weighted by Crippen LogP contribution is -2.14. The highest BCUT2D eigenvalue weighted by molar-refractivity contribution is 7.99. The minimum absolute atomic E-state index is 0.111. The van der Waals surface area contributed by atoms with Gasteiger partial charge in [-0.1, -0.05) is 13.8 Å². The highest BCUT2D eigenvalue weighted by Gasteiger charge is 2.11. The van der Waals surface area contributed by atoms with Crippen LogP contribution >= 0.6 is 23.1 Å². The summed E-state index contributed by atoms with van der Waals surface area (Å²) in [6, 6.07) is 1.91. The second kappa shape index (κ2) is 7.40. The van der Waals surface area contributed by atoms with Crippen LogP contribution in [0.2, 0.25) is 0 Å². The van der Waals surface area contributed by atoms with Crippen molar-refractivity contribution in [1.82, 2.24) is 19.7 Å². The number of nitrogens with zero attached hydrogens (tertiary/aromatic N) is 3. The van der Waals surface area contributed by atoms with Gasteiger partial charge >= 0.3 is 0 Å². The van der Waals surface area contributed by atoms with Crippen molar-refractivity contribution in [2.75, 3.05) is 11.1 Å². The molecule has 0 atom stereocenters. The Morgan fingerprint density at radius 1 is 1.48 bits per heavy atom. The summed E-state index contributed by atoms with van der Waals surface area (Å²) in [6.07, 6.45) is 3.33. The summed E-state index contributed by atoms with van der Waals surface area (Å²) in [4.78, 5) is 33.3. The molecule has 0 unspecified atom stereocenters. The van der Waals surface area contributed by atoms with Crippen molar-refractivity contribution in [2.45, 2.75) is 25.5 Å². The van der Waals surface area contributed by atoms with Gasteiger partial charge in [0.1, 0.15) is 10.7 Å². The maximum absolute atomic E-state index is 12.2. The number of thioether (sulfide) groups is 1. The number of nitrogens with one attached hydrogen (secondary N) is 2. The van der Waals surface area contributed by atoms with Crippen LogP contribution in [-0.4, -0.2) is 31.4 Å². The Morgan fingerprint density at radius 3 is 2.96 bits per heavy atom. The summed E-state index contributed by atoms with van der Waals surface area (Å²) < 4.78 is 1.62. The SMILES string of the molecule is CC(C)c1cc2c(=O)[nH]c(CSCC(=O)Nc3cnn(C)c3)nc2s1. The second-order valence-corrected chi connectivity index (χ2v) is 8.03. The Bertz CT molecular complexity index is 957. The molecule has 9 heteroatoms. The Labute approximate surface area is 152 Å². The molecule has 0 bridgehead atoms. The van der Waals surface area contributed by atoms with E-state index in [4.69, 9.17) is 0 Å². The molecule has 0 aliphatic carbocycles. The lowest BCUT2D eigenvalue weighted by atomic mass is 10.2. The van der Waals surface area contributed by atoms with E-state index in [0.717, 1.165) is 9.71 Å². The van der Waals surface area contributed by atoms with Crippen LogP contribution in [0.3, 0.4) is 0 Å². The largest absolute Gasteiger partial charge is 0.323 e. The smallest absolute Gasteiger partial charge is 0.259 e. The predicted molar refractivity (Wildman–Crippen MR) is 102 cm³/mol. The quantitative estimate of drug-likeness (QED) is 0.689. The third-order valence-corrected chi connectivity index (χ3v) is 5.77. The summed E-state index contributed by atoms with van der Waals surface area (Å²) in [5.41, 5.74) is 0.546. The number of aromatic nitrogens is 4. The van der Waals surface area contributed by atoms with Crippen molar-refractivity contribution in [3.05, 3.63) is 39.5 Å². The van der Waals surface area contributed by atoms with Crippen LogP contribution in [0.4, 0.5) is 5.69 Å². The first-order chi connectivity index (χ1) is 11.9. The zero-order chi connectivity index (χ0) is 18.0. The molecule has 2 N–H and O–H groups in total. The van der Waals surface area contributed by atoms with Crippen LogP contribution in [0.15, 0.2) is 23.3 Å². The molecule has 0 spiro atoms. The molecule has 25 heavy (non-hydrogen) atoms. The van der Waals surface area contributed by atoms with Gasteiger partial charge in [0, 0.05) is 18.1 Å². The lowest BCUT2D eigenvalue weighted by molar-refractivity contribution is -0.113. The molecule has 0 radical (unpaired) electrons. The Balaban J connectivity index is 1.61. The standard InChI is InChI=1S/C16H19N5O2S2/c1-9(2)12-4-11-15(23)19-13(20-16(11)25-12)7-24-8-14(22)18-10-5-17-21(3)6-10/h4-6,9H,7-8H2,1-3H3,(H,18,22)(H,19,20,23). The van der Waals surface area contributed by atoms with Crippen molar-refractivity contribution in [2.24, 2.45) is 7.05 Å². The number of carbonyl (C=O) groups is 1. The van der Waals surface area contributed by atoms with Gasteiger partial charge in [-0.3, -0.25) is 14.3 Å². The van der Waals surface area contributed by atoms with Crippen LogP contribution in [0.25, 0.3) is 10.2 Å². The van der Waals surface area contributed by atoms with Gasteiger partial charge in [0.15, 0.2) is 0 Å². The summed E-state index contributed by atoms with van der Waals surface area (Å²) in [7, 11) is 1.79. The van der Waals surface area contributed by atoms with Gasteiger partial charge in [-0.05, 0) is 12.0 Å². The molecule has 1 amide bonds. The molecular weight excluding hydrogens is 358 g/mol. The number of rotatable bonds is 6. The lowest BCUT2D eigenvalue weighted by Gasteiger charge is -2.03. The van der Waals surface area contributed by atoms with Gasteiger partial charge in [-0.25, -0.2) is 4.98 Å². The molecule has 0 aliphatic rings. The third-order valence-electron chi connectivity index (χ3n) is 3.50. The number of aryl methyl sites for hydroxylation is 1. The summed E-state index contributed by atoms with van der Waals surface area (Å²) in [5.74, 6) is 1.60. The van der Waals surface area contributed by atoms with Crippen molar-refractivity contribution < 1.29 is 4.79 Å². The number of carbonyl (C=O) groups excluding carboxylic acids is 1. The van der Waals surface area contributed by atoms with Crippen molar-refractivity contribution in [3.63, 3.8) is 0 Å². The number of amides is 1. The van der Waals surface area contributed by atoms with Gasteiger partial charge in [0.25, 0.3) is 5.56 Å². The molecule has 0 aliphatic heterocycles. The van der Waals surface area contributed by atoms with E-state index in [1.165, 1.54) is 11.8 Å².